The van der Waals surface area contributed by atoms with Gasteiger partial charge in [0.1, 0.15) is 6.54 Å². The minimum absolute atomic E-state index is 0.356. The summed E-state index contributed by atoms with van der Waals surface area (Å²) in [6.45, 7) is -0.877. The van der Waals surface area contributed by atoms with Crippen molar-refractivity contribution in [1.29, 1.82) is 0 Å². The Morgan fingerprint density at radius 2 is 1.34 bits per heavy atom. The number of esters is 1. The predicted molar refractivity (Wildman–Crippen MR) is 124 cm³/mol. The molecule has 3 aromatic rings. The second-order valence-electron chi connectivity index (χ2n) is 6.58. The summed E-state index contributed by atoms with van der Waals surface area (Å²) in [5.74, 6) is -1.75. The Kier molecular flexibility index (Phi) is 8.28. The Morgan fingerprint density at radius 1 is 0.781 bits per heavy atom. The number of carbonyl (C=O) groups excluding carboxylic acids is 3. The van der Waals surface area contributed by atoms with E-state index < -0.39 is 24.4 Å². The second kappa shape index (κ2) is 11.6. The normalized spacial score (nSPS) is 10.0. The Labute approximate surface area is 193 Å². The lowest BCUT2D eigenvalue weighted by molar-refractivity contribution is -0.147. The van der Waals surface area contributed by atoms with Crippen molar-refractivity contribution in [2.45, 2.75) is 0 Å². The van der Waals surface area contributed by atoms with E-state index in [-0.39, 0.29) is 6.54 Å². The van der Waals surface area contributed by atoms with E-state index in [4.69, 9.17) is 4.74 Å². The lowest BCUT2D eigenvalue weighted by atomic mass is 10.0. The minimum atomic E-state index is -0.735. The fourth-order valence-corrected chi connectivity index (χ4v) is 2.96. The Hall–Kier alpha value is -3.78. The van der Waals surface area contributed by atoms with Crippen LogP contribution in [-0.4, -0.2) is 36.6 Å². The van der Waals surface area contributed by atoms with Crippen molar-refractivity contribution in [2.24, 2.45) is 5.10 Å². The Bertz CT molecular complexity index is 1060. The first-order valence-corrected chi connectivity index (χ1v) is 10.5. The van der Waals surface area contributed by atoms with Crippen molar-refractivity contribution in [1.82, 2.24) is 10.7 Å². The van der Waals surface area contributed by atoms with Gasteiger partial charge >= 0.3 is 5.97 Å². The molecule has 0 atom stereocenters. The molecule has 3 aromatic carbocycles. The molecular weight excluding hydrogens is 474 g/mol. The zero-order valence-electron chi connectivity index (χ0n) is 17.0. The van der Waals surface area contributed by atoms with Gasteiger partial charge < -0.3 is 10.1 Å². The molecule has 0 fully saturated rings. The van der Waals surface area contributed by atoms with Crippen molar-refractivity contribution in [2.75, 3.05) is 13.2 Å². The van der Waals surface area contributed by atoms with E-state index in [1.54, 1.807) is 24.3 Å². The average molecular weight is 494 g/mol. The lowest BCUT2D eigenvalue weighted by Crippen LogP contribution is -2.33. The number of benzene rings is 3. The van der Waals surface area contributed by atoms with Crippen LogP contribution in [0.1, 0.15) is 21.5 Å². The van der Waals surface area contributed by atoms with Gasteiger partial charge in [-0.3, -0.25) is 14.4 Å². The van der Waals surface area contributed by atoms with Gasteiger partial charge in [0.05, 0.1) is 5.71 Å². The highest BCUT2D eigenvalue weighted by Gasteiger charge is 2.12. The van der Waals surface area contributed by atoms with Crippen molar-refractivity contribution in [3.63, 3.8) is 0 Å². The Balaban J connectivity index is 1.51. The highest BCUT2D eigenvalue weighted by molar-refractivity contribution is 9.10. The molecule has 3 rings (SSSR count). The molecule has 32 heavy (non-hydrogen) atoms. The number of amides is 2. The van der Waals surface area contributed by atoms with Gasteiger partial charge in [-0.05, 0) is 24.3 Å². The van der Waals surface area contributed by atoms with Crippen molar-refractivity contribution < 1.29 is 19.1 Å². The SMILES string of the molecule is O=C(COC(=O)CNC(=O)c1ccc(Br)cc1)NN=C(c1ccccc1)c1ccccc1. The summed E-state index contributed by atoms with van der Waals surface area (Å²) in [5.41, 5.74) is 5.04. The lowest BCUT2D eigenvalue weighted by Gasteiger charge is -2.09. The average Bonchev–Trinajstić information content (AvgIpc) is 2.83. The van der Waals surface area contributed by atoms with E-state index in [9.17, 15) is 14.4 Å². The zero-order chi connectivity index (χ0) is 22.8. The summed E-state index contributed by atoms with van der Waals surface area (Å²) < 4.78 is 5.75. The molecule has 0 aliphatic carbocycles. The second-order valence-corrected chi connectivity index (χ2v) is 7.49. The first-order chi connectivity index (χ1) is 15.5. The molecule has 0 saturated carbocycles. The molecule has 162 valence electrons. The summed E-state index contributed by atoms with van der Waals surface area (Å²) in [6.07, 6.45) is 0. The number of rotatable bonds is 8. The van der Waals surface area contributed by atoms with Gasteiger partial charge in [-0.25, -0.2) is 5.43 Å². The van der Waals surface area contributed by atoms with Crippen LogP contribution in [0, 0.1) is 0 Å². The van der Waals surface area contributed by atoms with Gasteiger partial charge in [0.2, 0.25) is 0 Å². The van der Waals surface area contributed by atoms with Crippen LogP contribution in [0.15, 0.2) is 94.5 Å². The highest BCUT2D eigenvalue weighted by Crippen LogP contribution is 2.11. The van der Waals surface area contributed by atoms with E-state index in [0.29, 0.717) is 11.3 Å². The Morgan fingerprint density at radius 3 is 1.91 bits per heavy atom. The minimum Gasteiger partial charge on any atom is -0.454 e. The van der Waals surface area contributed by atoms with E-state index in [0.717, 1.165) is 15.6 Å². The number of ether oxygens (including phenoxy) is 1. The summed E-state index contributed by atoms with van der Waals surface area (Å²) >= 11 is 3.29. The molecule has 0 spiro atoms. The predicted octanol–water partition coefficient (Wildman–Crippen LogP) is 3.29. The molecule has 0 radical (unpaired) electrons. The van der Waals surface area contributed by atoms with Crippen LogP contribution in [0.5, 0.6) is 0 Å². The van der Waals surface area contributed by atoms with Gasteiger partial charge in [0, 0.05) is 21.2 Å². The molecule has 0 bridgehead atoms. The van der Waals surface area contributed by atoms with Crippen molar-refractivity contribution in [3.05, 3.63) is 106 Å². The molecule has 2 amide bonds. The molecular formula is C24H20BrN3O4. The summed E-state index contributed by atoms with van der Waals surface area (Å²) in [4.78, 5) is 36.0. The topological polar surface area (TPSA) is 96.9 Å². The molecule has 0 heterocycles. The maximum Gasteiger partial charge on any atom is 0.325 e. The van der Waals surface area contributed by atoms with Crippen LogP contribution < -0.4 is 10.7 Å². The molecule has 7 nitrogen and oxygen atoms in total. The maximum absolute atomic E-state index is 12.1. The number of hydrazone groups is 1. The smallest absolute Gasteiger partial charge is 0.325 e. The molecule has 0 aromatic heterocycles. The zero-order valence-corrected chi connectivity index (χ0v) is 18.5. The largest absolute Gasteiger partial charge is 0.454 e. The van der Waals surface area contributed by atoms with Crippen LogP contribution in [0.4, 0.5) is 0 Å². The third-order valence-electron chi connectivity index (χ3n) is 4.25. The van der Waals surface area contributed by atoms with Gasteiger partial charge in [-0.1, -0.05) is 76.6 Å². The van der Waals surface area contributed by atoms with E-state index in [1.807, 2.05) is 60.7 Å². The van der Waals surface area contributed by atoms with E-state index >= 15 is 0 Å². The summed E-state index contributed by atoms with van der Waals surface area (Å²) in [5, 5.41) is 6.66. The fourth-order valence-electron chi connectivity index (χ4n) is 2.69. The summed E-state index contributed by atoms with van der Waals surface area (Å²) in [6, 6.07) is 25.5. The monoisotopic (exact) mass is 493 g/mol. The number of carbonyl (C=O) groups is 3. The fraction of sp³-hybridized carbons (Fsp3) is 0.0833. The highest BCUT2D eigenvalue weighted by atomic mass is 79.9. The number of hydrogen-bond acceptors (Lipinski definition) is 5. The molecule has 0 aliphatic heterocycles. The third kappa shape index (κ3) is 6.88. The first kappa shape index (κ1) is 22.9. The quantitative estimate of drug-likeness (QED) is 0.285. The number of nitrogens with one attached hydrogen (secondary N) is 2. The van der Waals surface area contributed by atoms with E-state index in [2.05, 4.69) is 31.8 Å². The molecule has 0 unspecified atom stereocenters. The maximum atomic E-state index is 12.1. The molecule has 0 saturated heterocycles. The van der Waals surface area contributed by atoms with Crippen molar-refractivity contribution in [3.8, 4) is 0 Å². The van der Waals surface area contributed by atoms with Crippen LogP contribution in [0.3, 0.4) is 0 Å². The van der Waals surface area contributed by atoms with Gasteiger partial charge in [0.25, 0.3) is 11.8 Å². The standard InChI is InChI=1S/C24H20BrN3O4/c25-20-13-11-19(12-14-20)24(31)26-15-22(30)32-16-21(29)27-28-23(17-7-3-1-4-8-17)18-9-5-2-6-10-18/h1-14H,15-16H2,(H,26,31)(H,27,29). The van der Waals surface area contributed by atoms with Crippen LogP contribution in [0.25, 0.3) is 0 Å². The molecule has 8 heteroatoms. The number of hydrogen-bond donors (Lipinski definition) is 2. The third-order valence-corrected chi connectivity index (χ3v) is 4.78. The number of nitrogens with zero attached hydrogens (tertiary/aromatic N) is 1. The van der Waals surface area contributed by atoms with Crippen LogP contribution >= 0.6 is 15.9 Å². The van der Waals surface area contributed by atoms with Crippen LogP contribution in [0.2, 0.25) is 0 Å². The summed E-state index contributed by atoms with van der Waals surface area (Å²) in [7, 11) is 0. The number of halogens is 1. The van der Waals surface area contributed by atoms with E-state index in [1.165, 1.54) is 0 Å². The first-order valence-electron chi connectivity index (χ1n) is 9.69. The van der Waals surface area contributed by atoms with Crippen molar-refractivity contribution >= 4 is 39.4 Å². The van der Waals surface area contributed by atoms with Gasteiger partial charge in [-0.15, -0.1) is 0 Å². The van der Waals surface area contributed by atoms with Gasteiger partial charge in [0.15, 0.2) is 6.61 Å². The molecule has 2 N–H and O–H groups in total. The van der Waals surface area contributed by atoms with Gasteiger partial charge in [-0.2, -0.15) is 5.10 Å². The molecule has 0 aliphatic rings. The van der Waals surface area contributed by atoms with Crippen LogP contribution in [-0.2, 0) is 14.3 Å².